The average molecular weight is 301 g/mol. The van der Waals surface area contributed by atoms with E-state index in [1.165, 1.54) is 0 Å². The van der Waals surface area contributed by atoms with Crippen molar-refractivity contribution < 1.29 is 19.1 Å². The van der Waals surface area contributed by atoms with Gasteiger partial charge in [0.1, 0.15) is 11.6 Å². The zero-order chi connectivity index (χ0) is 16.6. The van der Waals surface area contributed by atoms with E-state index in [9.17, 15) is 9.59 Å². The van der Waals surface area contributed by atoms with Gasteiger partial charge in [-0.3, -0.25) is 0 Å². The molecule has 5 heteroatoms. The Hall–Kier alpha value is -1.26. The molecule has 1 atom stereocenters. The van der Waals surface area contributed by atoms with Crippen molar-refractivity contribution >= 4 is 12.1 Å². The molecule has 0 aromatic carbocycles. The maximum atomic E-state index is 12.1. The van der Waals surface area contributed by atoms with Crippen molar-refractivity contribution in [2.24, 2.45) is 11.8 Å². The van der Waals surface area contributed by atoms with E-state index in [-0.39, 0.29) is 5.92 Å². The van der Waals surface area contributed by atoms with Gasteiger partial charge in [0, 0.05) is 0 Å². The summed E-state index contributed by atoms with van der Waals surface area (Å²) in [7, 11) is 0. The fourth-order valence-corrected chi connectivity index (χ4v) is 1.63. The van der Waals surface area contributed by atoms with Crippen LogP contribution in [0.5, 0.6) is 0 Å². The first kappa shape index (κ1) is 19.7. The number of esters is 1. The Morgan fingerprint density at radius 1 is 1.05 bits per heavy atom. The number of hydrogen-bond acceptors (Lipinski definition) is 4. The molecule has 1 N–H and O–H groups in total. The highest BCUT2D eigenvalue weighted by Crippen LogP contribution is 2.11. The smallest absolute Gasteiger partial charge is 0.408 e. The minimum absolute atomic E-state index is 0.266. The van der Waals surface area contributed by atoms with Crippen molar-refractivity contribution in [3.8, 4) is 0 Å². The van der Waals surface area contributed by atoms with Crippen molar-refractivity contribution in [1.82, 2.24) is 5.32 Å². The Bertz CT molecular complexity index is 332. The minimum atomic E-state index is -0.660. The van der Waals surface area contributed by atoms with Crippen LogP contribution in [-0.2, 0) is 14.3 Å². The fourth-order valence-electron chi connectivity index (χ4n) is 1.63. The Kier molecular flexibility index (Phi) is 8.37. The molecule has 5 nitrogen and oxygen atoms in total. The number of ether oxygens (including phenoxy) is 2. The zero-order valence-corrected chi connectivity index (χ0v) is 14.5. The van der Waals surface area contributed by atoms with Crippen LogP contribution < -0.4 is 5.32 Å². The first-order valence-corrected chi connectivity index (χ1v) is 7.67. The number of carbonyl (C=O) groups is 2. The van der Waals surface area contributed by atoms with Gasteiger partial charge in [0.25, 0.3) is 0 Å². The lowest BCUT2D eigenvalue weighted by molar-refractivity contribution is -0.147. The summed E-state index contributed by atoms with van der Waals surface area (Å²) in [5.74, 6) is 0.345. The van der Waals surface area contributed by atoms with Crippen molar-refractivity contribution in [2.45, 2.75) is 73.0 Å². The van der Waals surface area contributed by atoms with Crippen molar-refractivity contribution in [3.63, 3.8) is 0 Å². The van der Waals surface area contributed by atoms with Gasteiger partial charge in [0.05, 0.1) is 6.61 Å². The summed E-state index contributed by atoms with van der Waals surface area (Å²) in [6.07, 6.45) is 0.751. The molecule has 124 valence electrons. The van der Waals surface area contributed by atoms with Gasteiger partial charge in [0.15, 0.2) is 0 Å². The number of amides is 1. The molecular weight excluding hydrogens is 270 g/mol. The molecule has 0 fully saturated rings. The molecule has 0 saturated carbocycles. The molecular formula is C16H31NO4. The summed E-state index contributed by atoms with van der Waals surface area (Å²) in [6, 6.07) is -0.660. The molecule has 0 aliphatic rings. The van der Waals surface area contributed by atoms with Crippen molar-refractivity contribution in [3.05, 3.63) is 0 Å². The predicted octanol–water partition coefficient (Wildman–Crippen LogP) is 3.52. The molecule has 0 heterocycles. The van der Waals surface area contributed by atoms with Crippen LogP contribution >= 0.6 is 0 Å². The van der Waals surface area contributed by atoms with Gasteiger partial charge in [-0.1, -0.05) is 27.7 Å². The second-order valence-electron chi connectivity index (χ2n) is 7.18. The average Bonchev–Trinajstić information content (AvgIpc) is 2.23. The van der Waals surface area contributed by atoms with Crippen LogP contribution in [0.1, 0.15) is 61.3 Å². The molecule has 1 amide bonds. The summed E-state index contributed by atoms with van der Waals surface area (Å²) in [4.78, 5) is 23.9. The highest BCUT2D eigenvalue weighted by Gasteiger charge is 2.26. The summed E-state index contributed by atoms with van der Waals surface area (Å²) in [5.41, 5.74) is -0.589. The quantitative estimate of drug-likeness (QED) is 0.731. The third-order valence-corrected chi connectivity index (χ3v) is 2.62. The topological polar surface area (TPSA) is 64.6 Å². The van der Waals surface area contributed by atoms with E-state index >= 15 is 0 Å². The van der Waals surface area contributed by atoms with E-state index in [1.54, 1.807) is 20.8 Å². The first-order chi connectivity index (χ1) is 9.51. The SMILES string of the molecule is CC(C)CCOC(=O)C(CC(C)C)NC(=O)OC(C)(C)C. The van der Waals surface area contributed by atoms with Crippen LogP contribution in [0.25, 0.3) is 0 Å². The lowest BCUT2D eigenvalue weighted by Crippen LogP contribution is -2.45. The van der Waals surface area contributed by atoms with E-state index in [1.807, 2.05) is 13.8 Å². The third-order valence-electron chi connectivity index (χ3n) is 2.62. The van der Waals surface area contributed by atoms with Crippen molar-refractivity contribution in [2.75, 3.05) is 6.61 Å². The molecule has 0 aromatic heterocycles. The normalized spacial score (nSPS) is 13.2. The van der Waals surface area contributed by atoms with Gasteiger partial charge in [-0.05, 0) is 45.4 Å². The summed E-state index contributed by atoms with van der Waals surface area (Å²) in [5, 5.41) is 2.61. The fraction of sp³-hybridized carbons (Fsp3) is 0.875. The monoisotopic (exact) mass is 301 g/mol. The standard InChI is InChI=1S/C16H31NO4/c1-11(2)8-9-20-14(18)13(10-12(3)4)17-15(19)21-16(5,6)7/h11-13H,8-10H2,1-7H3,(H,17,19). The number of alkyl carbamates (subject to hydrolysis) is 1. The maximum absolute atomic E-state index is 12.1. The highest BCUT2D eigenvalue weighted by atomic mass is 16.6. The van der Waals surface area contributed by atoms with Gasteiger partial charge in [-0.15, -0.1) is 0 Å². The third kappa shape index (κ3) is 11.1. The van der Waals surface area contributed by atoms with Gasteiger partial charge >= 0.3 is 12.1 Å². The lowest BCUT2D eigenvalue weighted by Gasteiger charge is -2.23. The lowest BCUT2D eigenvalue weighted by atomic mass is 10.0. The summed E-state index contributed by atoms with van der Waals surface area (Å²) in [6.45, 7) is 13.8. The van der Waals surface area contributed by atoms with Gasteiger partial charge in [-0.25, -0.2) is 9.59 Å². The van der Waals surface area contributed by atoms with Crippen LogP contribution in [0.15, 0.2) is 0 Å². The van der Waals surface area contributed by atoms with E-state index in [2.05, 4.69) is 19.2 Å². The van der Waals surface area contributed by atoms with Crippen LogP contribution in [-0.4, -0.2) is 30.3 Å². The largest absolute Gasteiger partial charge is 0.464 e. The number of rotatable bonds is 7. The van der Waals surface area contributed by atoms with Gasteiger partial charge in [-0.2, -0.15) is 0 Å². The molecule has 0 saturated heterocycles. The summed E-state index contributed by atoms with van der Waals surface area (Å²) < 4.78 is 10.4. The highest BCUT2D eigenvalue weighted by molar-refractivity contribution is 5.81. The molecule has 0 aliphatic heterocycles. The minimum Gasteiger partial charge on any atom is -0.464 e. The maximum Gasteiger partial charge on any atom is 0.408 e. The Labute approximate surface area is 128 Å². The second-order valence-corrected chi connectivity index (χ2v) is 7.18. The second kappa shape index (κ2) is 8.90. The Morgan fingerprint density at radius 2 is 1.62 bits per heavy atom. The van der Waals surface area contributed by atoms with E-state index in [4.69, 9.17) is 9.47 Å². The van der Waals surface area contributed by atoms with E-state index < -0.39 is 23.7 Å². The summed E-state index contributed by atoms with van der Waals surface area (Å²) >= 11 is 0. The van der Waals surface area contributed by atoms with Gasteiger partial charge < -0.3 is 14.8 Å². The molecule has 1 unspecified atom stereocenters. The van der Waals surface area contributed by atoms with Crippen LogP contribution in [0.4, 0.5) is 4.79 Å². The molecule has 0 aromatic rings. The predicted molar refractivity (Wildman–Crippen MR) is 83.0 cm³/mol. The van der Waals surface area contributed by atoms with Crippen molar-refractivity contribution in [1.29, 1.82) is 0 Å². The van der Waals surface area contributed by atoms with Gasteiger partial charge in [0.2, 0.25) is 0 Å². The number of hydrogen-bond donors (Lipinski definition) is 1. The molecule has 0 bridgehead atoms. The molecule has 0 aliphatic carbocycles. The van der Waals surface area contributed by atoms with E-state index in [0.29, 0.717) is 18.9 Å². The molecule has 0 spiro atoms. The van der Waals surface area contributed by atoms with Crippen LogP contribution in [0.2, 0.25) is 0 Å². The number of carbonyl (C=O) groups excluding carboxylic acids is 2. The molecule has 21 heavy (non-hydrogen) atoms. The molecule has 0 rings (SSSR count). The Morgan fingerprint density at radius 3 is 2.05 bits per heavy atom. The Balaban J connectivity index is 4.50. The first-order valence-electron chi connectivity index (χ1n) is 7.67. The zero-order valence-electron chi connectivity index (χ0n) is 14.5. The van der Waals surface area contributed by atoms with E-state index in [0.717, 1.165) is 6.42 Å². The molecule has 0 radical (unpaired) electrons. The number of nitrogens with one attached hydrogen (secondary N) is 1. The van der Waals surface area contributed by atoms with Crippen LogP contribution in [0, 0.1) is 11.8 Å². The van der Waals surface area contributed by atoms with Crippen LogP contribution in [0.3, 0.4) is 0 Å².